The lowest BCUT2D eigenvalue weighted by atomic mass is 9.91. The Labute approximate surface area is 124 Å². The van der Waals surface area contributed by atoms with E-state index in [1.807, 2.05) is 30.3 Å². The van der Waals surface area contributed by atoms with Crippen molar-refractivity contribution in [2.24, 2.45) is 0 Å². The third-order valence-electron chi connectivity index (χ3n) is 3.70. The molecule has 2 heteroatoms. The zero-order valence-electron chi connectivity index (χ0n) is 11.8. The fourth-order valence-electron chi connectivity index (χ4n) is 2.46. The van der Waals surface area contributed by atoms with Crippen LogP contribution in [0.25, 0.3) is 11.3 Å². The van der Waals surface area contributed by atoms with Gasteiger partial charge in [-0.25, -0.2) is 4.39 Å². The molecule has 2 aromatic carbocycles. The molecule has 104 valence electrons. The van der Waals surface area contributed by atoms with E-state index in [1.54, 1.807) is 0 Å². The molecular formula is C19H16FN. The van der Waals surface area contributed by atoms with Gasteiger partial charge in [-0.1, -0.05) is 55.5 Å². The standard InChI is InChI=1S/C19H16FN/c1-14(15-6-3-2-4-7-15)16-8-5-9-17(12-16)19-13-18(20)10-11-21-19/h2-14H,1H3. The Hall–Kier alpha value is -2.48. The van der Waals surface area contributed by atoms with Gasteiger partial charge in [0.05, 0.1) is 5.69 Å². The second kappa shape index (κ2) is 5.88. The normalized spacial score (nSPS) is 12.1. The lowest BCUT2D eigenvalue weighted by Crippen LogP contribution is -1.96. The van der Waals surface area contributed by atoms with E-state index in [1.165, 1.54) is 29.5 Å². The zero-order valence-corrected chi connectivity index (χ0v) is 11.8. The van der Waals surface area contributed by atoms with Gasteiger partial charge < -0.3 is 0 Å². The first kappa shape index (κ1) is 13.5. The minimum Gasteiger partial charge on any atom is -0.256 e. The van der Waals surface area contributed by atoms with Crippen LogP contribution in [0, 0.1) is 5.82 Å². The van der Waals surface area contributed by atoms with Crippen LogP contribution >= 0.6 is 0 Å². The van der Waals surface area contributed by atoms with Crippen LogP contribution in [0.1, 0.15) is 24.0 Å². The number of hydrogen-bond acceptors (Lipinski definition) is 1. The maximum atomic E-state index is 13.3. The summed E-state index contributed by atoms with van der Waals surface area (Å²) in [5.41, 5.74) is 4.07. The van der Waals surface area contributed by atoms with Gasteiger partial charge in [-0.15, -0.1) is 0 Å². The van der Waals surface area contributed by atoms with Crippen LogP contribution in [-0.4, -0.2) is 4.98 Å². The van der Waals surface area contributed by atoms with Crippen LogP contribution in [0.15, 0.2) is 72.9 Å². The topological polar surface area (TPSA) is 12.9 Å². The van der Waals surface area contributed by atoms with Crippen molar-refractivity contribution in [3.63, 3.8) is 0 Å². The Morgan fingerprint density at radius 2 is 1.62 bits per heavy atom. The zero-order chi connectivity index (χ0) is 14.7. The second-order valence-corrected chi connectivity index (χ2v) is 5.12. The first-order chi connectivity index (χ1) is 10.2. The van der Waals surface area contributed by atoms with Crippen molar-refractivity contribution in [3.8, 4) is 11.3 Å². The van der Waals surface area contributed by atoms with E-state index in [9.17, 15) is 4.39 Å². The van der Waals surface area contributed by atoms with Crippen LogP contribution in [0.5, 0.6) is 0 Å². The van der Waals surface area contributed by atoms with Crippen molar-refractivity contribution in [2.75, 3.05) is 0 Å². The lowest BCUT2D eigenvalue weighted by molar-refractivity contribution is 0.626. The molecule has 0 fully saturated rings. The van der Waals surface area contributed by atoms with Gasteiger partial charge in [0.25, 0.3) is 0 Å². The summed E-state index contributed by atoms with van der Waals surface area (Å²) in [7, 11) is 0. The highest BCUT2D eigenvalue weighted by atomic mass is 19.1. The molecule has 0 saturated heterocycles. The second-order valence-electron chi connectivity index (χ2n) is 5.12. The van der Waals surface area contributed by atoms with E-state index in [0.29, 0.717) is 11.6 Å². The number of aromatic nitrogens is 1. The van der Waals surface area contributed by atoms with Gasteiger partial charge in [0.15, 0.2) is 0 Å². The number of pyridine rings is 1. The molecule has 1 nitrogen and oxygen atoms in total. The minimum absolute atomic E-state index is 0.262. The van der Waals surface area contributed by atoms with Crippen molar-refractivity contribution in [3.05, 3.63) is 89.9 Å². The molecule has 0 spiro atoms. The Bertz CT molecular complexity index is 737. The van der Waals surface area contributed by atoms with Crippen molar-refractivity contribution < 1.29 is 4.39 Å². The van der Waals surface area contributed by atoms with E-state index in [-0.39, 0.29) is 5.82 Å². The highest BCUT2D eigenvalue weighted by Gasteiger charge is 2.09. The van der Waals surface area contributed by atoms with Gasteiger partial charge in [-0.2, -0.15) is 0 Å². The molecule has 21 heavy (non-hydrogen) atoms. The summed E-state index contributed by atoms with van der Waals surface area (Å²) < 4.78 is 13.3. The van der Waals surface area contributed by atoms with Gasteiger partial charge in [0.2, 0.25) is 0 Å². The van der Waals surface area contributed by atoms with Crippen LogP contribution in [0.4, 0.5) is 4.39 Å². The molecule has 3 rings (SSSR count). The lowest BCUT2D eigenvalue weighted by Gasteiger charge is -2.13. The summed E-state index contributed by atoms with van der Waals surface area (Å²) in [6.45, 7) is 2.17. The Balaban J connectivity index is 1.97. The number of benzene rings is 2. The fourth-order valence-corrected chi connectivity index (χ4v) is 2.46. The average Bonchev–Trinajstić information content (AvgIpc) is 2.55. The van der Waals surface area contributed by atoms with Crippen LogP contribution in [-0.2, 0) is 0 Å². The molecule has 1 heterocycles. The summed E-state index contributed by atoms with van der Waals surface area (Å²) >= 11 is 0. The van der Waals surface area contributed by atoms with E-state index in [0.717, 1.165) is 5.56 Å². The van der Waals surface area contributed by atoms with Gasteiger partial charge >= 0.3 is 0 Å². The maximum Gasteiger partial charge on any atom is 0.126 e. The van der Waals surface area contributed by atoms with Gasteiger partial charge in [-0.3, -0.25) is 4.98 Å². The summed E-state index contributed by atoms with van der Waals surface area (Å²) in [6.07, 6.45) is 1.50. The predicted molar refractivity (Wildman–Crippen MR) is 83.6 cm³/mol. The smallest absolute Gasteiger partial charge is 0.126 e. The highest BCUT2D eigenvalue weighted by molar-refractivity contribution is 5.60. The quantitative estimate of drug-likeness (QED) is 0.653. The fraction of sp³-hybridized carbons (Fsp3) is 0.105. The van der Waals surface area contributed by atoms with Gasteiger partial charge in [0, 0.05) is 23.7 Å². The molecule has 0 aliphatic carbocycles. The molecule has 0 bridgehead atoms. The monoisotopic (exact) mass is 277 g/mol. The van der Waals surface area contributed by atoms with Crippen LogP contribution in [0.2, 0.25) is 0 Å². The number of hydrogen-bond donors (Lipinski definition) is 0. The maximum absolute atomic E-state index is 13.3. The number of halogens is 1. The third kappa shape index (κ3) is 3.00. The average molecular weight is 277 g/mol. The van der Waals surface area contributed by atoms with E-state index < -0.39 is 0 Å². The molecule has 0 aliphatic rings. The molecule has 1 unspecified atom stereocenters. The summed E-state index contributed by atoms with van der Waals surface area (Å²) in [5.74, 6) is 0.0289. The molecule has 0 N–H and O–H groups in total. The number of nitrogens with zero attached hydrogens (tertiary/aromatic N) is 1. The molecule has 3 aromatic rings. The molecule has 0 radical (unpaired) electrons. The molecule has 0 saturated carbocycles. The summed E-state index contributed by atoms with van der Waals surface area (Å²) in [6, 6.07) is 21.3. The summed E-state index contributed by atoms with van der Waals surface area (Å²) in [4.78, 5) is 4.24. The van der Waals surface area contributed by atoms with E-state index >= 15 is 0 Å². The highest BCUT2D eigenvalue weighted by Crippen LogP contribution is 2.27. The predicted octanol–water partition coefficient (Wildman–Crippen LogP) is 5.04. The van der Waals surface area contributed by atoms with Crippen molar-refractivity contribution in [2.45, 2.75) is 12.8 Å². The Kier molecular flexibility index (Phi) is 3.78. The van der Waals surface area contributed by atoms with Crippen molar-refractivity contribution >= 4 is 0 Å². The first-order valence-electron chi connectivity index (χ1n) is 7.01. The SMILES string of the molecule is CC(c1ccccc1)c1cccc(-c2cc(F)ccn2)c1. The van der Waals surface area contributed by atoms with Crippen LogP contribution in [0.3, 0.4) is 0 Å². The molecule has 1 atom stereocenters. The Morgan fingerprint density at radius 1 is 0.857 bits per heavy atom. The largest absolute Gasteiger partial charge is 0.256 e. The van der Waals surface area contributed by atoms with Gasteiger partial charge in [-0.05, 0) is 23.3 Å². The molecular weight excluding hydrogens is 261 g/mol. The minimum atomic E-state index is -0.262. The van der Waals surface area contributed by atoms with Crippen LogP contribution < -0.4 is 0 Å². The first-order valence-corrected chi connectivity index (χ1v) is 7.01. The molecule has 0 aliphatic heterocycles. The van der Waals surface area contributed by atoms with Crippen molar-refractivity contribution in [1.29, 1.82) is 0 Å². The Morgan fingerprint density at radius 3 is 2.38 bits per heavy atom. The molecule has 0 amide bonds. The number of rotatable bonds is 3. The van der Waals surface area contributed by atoms with Gasteiger partial charge in [0.1, 0.15) is 5.82 Å². The van der Waals surface area contributed by atoms with Crippen molar-refractivity contribution in [1.82, 2.24) is 4.98 Å². The molecule has 1 aromatic heterocycles. The summed E-state index contributed by atoms with van der Waals surface area (Å²) in [5, 5.41) is 0. The van der Waals surface area contributed by atoms with E-state index in [2.05, 4.69) is 36.2 Å². The third-order valence-corrected chi connectivity index (χ3v) is 3.70. The van der Waals surface area contributed by atoms with E-state index in [4.69, 9.17) is 0 Å².